The summed E-state index contributed by atoms with van der Waals surface area (Å²) < 4.78 is 5.23. The highest BCUT2D eigenvalue weighted by atomic mass is 16.5. The van der Waals surface area contributed by atoms with Gasteiger partial charge in [-0.05, 0) is 35.7 Å². The van der Waals surface area contributed by atoms with E-state index in [1.165, 1.54) is 4.80 Å². The Bertz CT molecular complexity index is 1150. The Morgan fingerprint density at radius 3 is 2.69 bits per heavy atom. The third kappa shape index (κ3) is 3.80. The quantitative estimate of drug-likeness (QED) is 0.506. The van der Waals surface area contributed by atoms with Gasteiger partial charge < -0.3 is 9.64 Å². The minimum atomic E-state index is -0.0987. The van der Waals surface area contributed by atoms with E-state index < -0.39 is 0 Å². The van der Waals surface area contributed by atoms with Gasteiger partial charge in [0.15, 0.2) is 0 Å². The molecule has 3 aromatic carbocycles. The number of hydrogen-bond acceptors (Lipinski definition) is 5. The molecule has 0 fully saturated rings. The Morgan fingerprint density at radius 2 is 1.86 bits per heavy atom. The summed E-state index contributed by atoms with van der Waals surface area (Å²) in [4.78, 5) is 16.1. The first-order valence-corrected chi connectivity index (χ1v) is 9.40. The number of carbonyl (C=O) groups excluding carboxylic acids is 1. The van der Waals surface area contributed by atoms with E-state index in [0.29, 0.717) is 18.1 Å². The van der Waals surface area contributed by atoms with Crippen LogP contribution in [0.4, 0.5) is 5.69 Å². The number of benzene rings is 3. The van der Waals surface area contributed by atoms with Gasteiger partial charge in [-0.2, -0.15) is 4.80 Å². The van der Waals surface area contributed by atoms with Crippen LogP contribution in [0.2, 0.25) is 0 Å². The minimum Gasteiger partial charge on any atom is -0.497 e. The van der Waals surface area contributed by atoms with Gasteiger partial charge in [0.1, 0.15) is 12.3 Å². The van der Waals surface area contributed by atoms with Gasteiger partial charge in [-0.1, -0.05) is 48.5 Å². The predicted octanol–water partition coefficient (Wildman–Crippen LogP) is 3.56. The van der Waals surface area contributed by atoms with Crippen molar-refractivity contribution in [3.63, 3.8) is 0 Å². The maximum atomic E-state index is 13.0. The Morgan fingerprint density at radius 1 is 1.07 bits per heavy atom. The van der Waals surface area contributed by atoms with Gasteiger partial charge in [-0.3, -0.25) is 4.79 Å². The number of likely N-dealkylation sites (N-methyl/N-ethyl adjacent to an activating group) is 1. The third-order valence-corrected chi connectivity index (χ3v) is 4.73. The lowest BCUT2D eigenvalue weighted by Gasteiger charge is -2.22. The van der Waals surface area contributed by atoms with Crippen LogP contribution in [-0.2, 0) is 11.3 Å². The summed E-state index contributed by atoms with van der Waals surface area (Å²) in [6.45, 7) is 2.51. The van der Waals surface area contributed by atoms with Gasteiger partial charge in [0.05, 0.1) is 12.8 Å². The van der Waals surface area contributed by atoms with E-state index in [1.54, 1.807) is 12.0 Å². The number of fused-ring (bicyclic) bond motifs is 1. The fraction of sp³-hybridized carbons (Fsp3) is 0.182. The predicted molar refractivity (Wildman–Crippen MR) is 112 cm³/mol. The number of tetrazole rings is 1. The molecule has 1 heterocycles. The number of hydrogen-bond donors (Lipinski definition) is 0. The van der Waals surface area contributed by atoms with E-state index in [4.69, 9.17) is 4.74 Å². The molecule has 7 heteroatoms. The number of methoxy groups -OCH3 is 1. The van der Waals surface area contributed by atoms with Crippen LogP contribution in [0.1, 0.15) is 6.92 Å². The lowest BCUT2D eigenvalue weighted by atomic mass is 10.1. The first kappa shape index (κ1) is 18.6. The molecule has 0 aliphatic carbocycles. The second-order valence-electron chi connectivity index (χ2n) is 6.51. The molecule has 1 amide bonds. The summed E-state index contributed by atoms with van der Waals surface area (Å²) >= 11 is 0. The van der Waals surface area contributed by atoms with Crippen LogP contribution >= 0.6 is 0 Å². The minimum absolute atomic E-state index is 0.00797. The van der Waals surface area contributed by atoms with Gasteiger partial charge in [0, 0.05) is 17.5 Å². The maximum absolute atomic E-state index is 13.0. The normalized spacial score (nSPS) is 10.8. The second-order valence-corrected chi connectivity index (χ2v) is 6.51. The zero-order valence-corrected chi connectivity index (χ0v) is 16.3. The molecule has 0 aliphatic heterocycles. The van der Waals surface area contributed by atoms with E-state index in [2.05, 4.69) is 15.4 Å². The molecule has 0 spiro atoms. The van der Waals surface area contributed by atoms with Crippen LogP contribution in [0.25, 0.3) is 22.2 Å². The molecule has 0 saturated carbocycles. The fourth-order valence-electron chi connectivity index (χ4n) is 3.32. The Hall–Kier alpha value is -3.74. The highest BCUT2D eigenvalue weighted by molar-refractivity contribution is 6.03. The molecule has 7 nitrogen and oxygen atoms in total. The molecular weight excluding hydrogens is 366 g/mol. The van der Waals surface area contributed by atoms with Crippen LogP contribution in [0.15, 0.2) is 66.7 Å². The molecule has 0 unspecified atom stereocenters. The zero-order valence-electron chi connectivity index (χ0n) is 16.3. The molecule has 0 N–H and O–H groups in total. The van der Waals surface area contributed by atoms with Crippen LogP contribution < -0.4 is 9.64 Å². The number of amides is 1. The van der Waals surface area contributed by atoms with Crippen LogP contribution in [0.5, 0.6) is 5.75 Å². The van der Waals surface area contributed by atoms with Crippen molar-refractivity contribution in [1.29, 1.82) is 0 Å². The average Bonchev–Trinajstić information content (AvgIpc) is 3.23. The summed E-state index contributed by atoms with van der Waals surface area (Å²) in [5.41, 5.74) is 1.66. The molecule has 0 radical (unpaired) electrons. The van der Waals surface area contributed by atoms with E-state index in [1.807, 2.05) is 73.7 Å². The zero-order chi connectivity index (χ0) is 20.2. The molecule has 0 bridgehead atoms. The number of anilines is 1. The highest BCUT2D eigenvalue weighted by Crippen LogP contribution is 2.27. The van der Waals surface area contributed by atoms with Crippen molar-refractivity contribution in [2.75, 3.05) is 18.6 Å². The molecule has 4 aromatic rings. The molecule has 4 rings (SSSR count). The Balaban J connectivity index is 1.57. The summed E-state index contributed by atoms with van der Waals surface area (Å²) in [5.74, 6) is 1.06. The van der Waals surface area contributed by atoms with E-state index in [9.17, 15) is 4.79 Å². The topological polar surface area (TPSA) is 73.1 Å². The summed E-state index contributed by atoms with van der Waals surface area (Å²) in [5, 5.41) is 14.6. The smallest absolute Gasteiger partial charge is 0.250 e. The van der Waals surface area contributed by atoms with Crippen molar-refractivity contribution in [3.05, 3.63) is 66.7 Å². The van der Waals surface area contributed by atoms with Gasteiger partial charge in [0.25, 0.3) is 5.91 Å². The number of nitrogens with zero attached hydrogens (tertiary/aromatic N) is 5. The molecule has 29 heavy (non-hydrogen) atoms. The molecule has 0 atom stereocenters. The first-order valence-electron chi connectivity index (χ1n) is 9.40. The SMILES string of the molecule is CCN(C(=O)Cn1nnc(-c2cccc(OC)c2)n1)c1cccc2ccccc12. The Kier molecular flexibility index (Phi) is 5.20. The van der Waals surface area contributed by atoms with Crippen LogP contribution in [-0.4, -0.2) is 39.8 Å². The standard InChI is InChI=1S/C22H21N5O2/c1-3-26(20-13-7-9-16-8-4-5-12-19(16)20)21(28)15-27-24-22(23-25-27)17-10-6-11-18(14-17)29-2/h4-14H,3,15H2,1-2H3. The average molecular weight is 387 g/mol. The van der Waals surface area contributed by atoms with Crippen LogP contribution in [0.3, 0.4) is 0 Å². The monoisotopic (exact) mass is 387 g/mol. The highest BCUT2D eigenvalue weighted by Gasteiger charge is 2.18. The number of aromatic nitrogens is 4. The summed E-state index contributed by atoms with van der Waals surface area (Å²) in [6.07, 6.45) is 0. The number of ether oxygens (including phenoxy) is 1. The molecule has 1 aromatic heterocycles. The molecule has 0 aliphatic rings. The number of carbonyl (C=O) groups is 1. The molecule has 146 valence electrons. The van der Waals surface area contributed by atoms with Crippen molar-refractivity contribution in [1.82, 2.24) is 20.2 Å². The summed E-state index contributed by atoms with van der Waals surface area (Å²) in [7, 11) is 1.61. The van der Waals surface area contributed by atoms with Gasteiger partial charge >= 0.3 is 0 Å². The lowest BCUT2D eigenvalue weighted by Crippen LogP contribution is -2.34. The molecule has 0 saturated heterocycles. The summed E-state index contributed by atoms with van der Waals surface area (Å²) in [6, 6.07) is 21.4. The van der Waals surface area contributed by atoms with Gasteiger partial charge in [-0.25, -0.2) is 0 Å². The van der Waals surface area contributed by atoms with Crippen molar-refractivity contribution in [2.45, 2.75) is 13.5 Å². The van der Waals surface area contributed by atoms with Crippen molar-refractivity contribution >= 4 is 22.4 Å². The van der Waals surface area contributed by atoms with E-state index in [0.717, 1.165) is 22.0 Å². The molecular formula is C22H21N5O2. The fourth-order valence-corrected chi connectivity index (χ4v) is 3.32. The van der Waals surface area contributed by atoms with Crippen molar-refractivity contribution < 1.29 is 9.53 Å². The van der Waals surface area contributed by atoms with Gasteiger partial charge in [0.2, 0.25) is 5.82 Å². The van der Waals surface area contributed by atoms with Crippen molar-refractivity contribution in [3.8, 4) is 17.1 Å². The lowest BCUT2D eigenvalue weighted by molar-refractivity contribution is -0.119. The number of rotatable bonds is 6. The second kappa shape index (κ2) is 8.10. The maximum Gasteiger partial charge on any atom is 0.250 e. The van der Waals surface area contributed by atoms with Crippen molar-refractivity contribution in [2.24, 2.45) is 0 Å². The van der Waals surface area contributed by atoms with Gasteiger partial charge in [-0.15, -0.1) is 10.2 Å². The third-order valence-electron chi connectivity index (χ3n) is 4.73. The Labute approximate surface area is 168 Å². The first-order chi connectivity index (χ1) is 14.2. The van der Waals surface area contributed by atoms with E-state index in [-0.39, 0.29) is 12.5 Å². The van der Waals surface area contributed by atoms with E-state index >= 15 is 0 Å². The van der Waals surface area contributed by atoms with Crippen LogP contribution in [0, 0.1) is 0 Å². The largest absolute Gasteiger partial charge is 0.497 e.